The molecule has 1 aliphatic carbocycles. The second-order valence-corrected chi connectivity index (χ2v) is 12.1. The molecule has 190 valence electrons. The fraction of sp³-hybridized carbons (Fsp3) is 0.536. The maximum atomic E-state index is 13.4. The Kier molecular flexibility index (Phi) is 8.42. The van der Waals surface area contributed by atoms with Crippen molar-refractivity contribution in [3.8, 4) is 0 Å². The van der Waals surface area contributed by atoms with E-state index in [2.05, 4.69) is 19.2 Å². The lowest BCUT2D eigenvalue weighted by Gasteiger charge is -2.34. The molecular formula is C28H39N3O3S. The van der Waals surface area contributed by atoms with Gasteiger partial charge in [0.1, 0.15) is 11.2 Å². The summed E-state index contributed by atoms with van der Waals surface area (Å²) >= 11 is 1.25. The molecule has 1 heterocycles. The summed E-state index contributed by atoms with van der Waals surface area (Å²) in [5, 5.41) is 3.15. The number of Topliss-reactive ketones (excluding diaryl/α,β-unsaturated/α-hetero) is 1. The summed E-state index contributed by atoms with van der Waals surface area (Å²) in [6, 6.07) is 8.02. The van der Waals surface area contributed by atoms with Crippen molar-refractivity contribution in [3.63, 3.8) is 0 Å². The fourth-order valence-electron chi connectivity index (χ4n) is 4.32. The van der Waals surface area contributed by atoms with Crippen molar-refractivity contribution in [2.24, 2.45) is 17.3 Å². The van der Waals surface area contributed by atoms with Gasteiger partial charge in [-0.15, -0.1) is 11.3 Å². The molecule has 1 fully saturated rings. The van der Waals surface area contributed by atoms with Gasteiger partial charge < -0.3 is 10.2 Å². The molecule has 0 radical (unpaired) electrons. The second kappa shape index (κ2) is 10.9. The molecule has 0 spiro atoms. The van der Waals surface area contributed by atoms with E-state index in [0.29, 0.717) is 21.0 Å². The summed E-state index contributed by atoms with van der Waals surface area (Å²) in [5.74, 6) is 0.695. The van der Waals surface area contributed by atoms with Gasteiger partial charge in [0.15, 0.2) is 5.78 Å². The Hall–Kier alpha value is -2.67. The molecule has 0 bridgehead atoms. The highest BCUT2D eigenvalue weighted by molar-refractivity contribution is 7.07. The predicted molar refractivity (Wildman–Crippen MR) is 145 cm³/mol. The molecule has 1 aliphatic rings. The van der Waals surface area contributed by atoms with E-state index >= 15 is 0 Å². The highest BCUT2D eigenvalue weighted by Crippen LogP contribution is 2.29. The maximum Gasteiger partial charge on any atom is 0.269 e. The number of thiazole rings is 1. The van der Waals surface area contributed by atoms with Gasteiger partial charge in [0.2, 0.25) is 5.91 Å². The first-order chi connectivity index (χ1) is 16.4. The van der Waals surface area contributed by atoms with Crippen molar-refractivity contribution in [1.82, 2.24) is 9.88 Å². The highest BCUT2D eigenvalue weighted by atomic mass is 32.1. The number of rotatable bonds is 6. The molecule has 0 aliphatic heterocycles. The van der Waals surface area contributed by atoms with Crippen molar-refractivity contribution >= 4 is 40.9 Å². The Bertz CT molecular complexity index is 1230. The van der Waals surface area contributed by atoms with Crippen molar-refractivity contribution < 1.29 is 9.59 Å². The third-order valence-corrected chi connectivity index (χ3v) is 8.05. The number of hydrogen-bond donors (Lipinski definition) is 1. The zero-order valence-corrected chi connectivity index (χ0v) is 22.9. The average molecular weight is 498 g/mol. The van der Waals surface area contributed by atoms with Crippen LogP contribution in [0.15, 0.2) is 29.1 Å². The molecule has 1 N–H and O–H groups in total. The van der Waals surface area contributed by atoms with E-state index in [1.165, 1.54) is 28.4 Å². The van der Waals surface area contributed by atoms with Crippen LogP contribution in [0.1, 0.15) is 59.4 Å². The first kappa shape index (κ1) is 26.9. The Morgan fingerprint density at radius 1 is 1.14 bits per heavy atom. The van der Waals surface area contributed by atoms with E-state index in [0.717, 1.165) is 24.1 Å². The Balaban J connectivity index is 1.98. The molecule has 1 aromatic carbocycles. The van der Waals surface area contributed by atoms with Gasteiger partial charge >= 0.3 is 0 Å². The molecular weight excluding hydrogens is 458 g/mol. The first-order valence-corrected chi connectivity index (χ1v) is 13.2. The van der Waals surface area contributed by atoms with Crippen molar-refractivity contribution in [2.45, 2.75) is 66.5 Å². The number of ketones is 1. The lowest BCUT2D eigenvalue weighted by Crippen LogP contribution is -2.46. The Morgan fingerprint density at radius 3 is 2.40 bits per heavy atom. The molecule has 1 amide bonds. The normalized spacial score (nSPS) is 21.7. The van der Waals surface area contributed by atoms with Gasteiger partial charge in [0, 0.05) is 37.3 Å². The SMILES string of the molecule is C[C@H]1[C@@H](NC(=O)Cn2c(=O)/c(=C\c3ccc(N(C)C)cc3)s/c2=C\C(=O)C(C)(C)C)CCC[C@@H]1C. The molecule has 0 unspecified atom stereocenters. The van der Waals surface area contributed by atoms with Crippen molar-refractivity contribution in [3.05, 3.63) is 49.4 Å². The zero-order valence-electron chi connectivity index (χ0n) is 22.1. The number of anilines is 1. The molecule has 3 rings (SSSR count). The number of carbonyl (C=O) groups excluding carboxylic acids is 2. The van der Waals surface area contributed by atoms with Crippen LogP contribution in [0.2, 0.25) is 0 Å². The van der Waals surface area contributed by atoms with Crippen molar-refractivity contribution in [1.29, 1.82) is 0 Å². The van der Waals surface area contributed by atoms with Crippen molar-refractivity contribution in [2.75, 3.05) is 19.0 Å². The topological polar surface area (TPSA) is 71.4 Å². The van der Waals surface area contributed by atoms with Crippen LogP contribution >= 0.6 is 11.3 Å². The Morgan fingerprint density at radius 2 is 1.80 bits per heavy atom. The van der Waals surface area contributed by atoms with Crippen LogP contribution in [0.5, 0.6) is 0 Å². The van der Waals surface area contributed by atoms with Gasteiger partial charge in [0.05, 0.1) is 4.53 Å². The number of carbonyl (C=O) groups is 2. The largest absolute Gasteiger partial charge is 0.378 e. The average Bonchev–Trinajstić information content (AvgIpc) is 3.05. The van der Waals surface area contributed by atoms with Crippen LogP contribution in [0, 0.1) is 17.3 Å². The summed E-state index contributed by atoms with van der Waals surface area (Å²) in [7, 11) is 3.95. The fourth-order valence-corrected chi connectivity index (χ4v) is 5.36. The summed E-state index contributed by atoms with van der Waals surface area (Å²) in [5.41, 5.74) is 1.13. The van der Waals surface area contributed by atoms with Gasteiger partial charge in [-0.05, 0) is 42.0 Å². The molecule has 35 heavy (non-hydrogen) atoms. The summed E-state index contributed by atoms with van der Waals surface area (Å²) in [6.07, 6.45) is 6.57. The van der Waals surface area contributed by atoms with Crippen LogP contribution < -0.4 is 25.0 Å². The van der Waals surface area contributed by atoms with Crippen LogP contribution in [-0.2, 0) is 16.1 Å². The van der Waals surface area contributed by atoms with Gasteiger partial charge in [0.25, 0.3) is 5.56 Å². The standard InChI is InChI=1S/C28H39N3O3S/c1-18-9-8-10-22(19(18)2)29-25(33)17-31-26(16-24(32)28(3,4)5)35-23(27(31)34)15-20-11-13-21(14-12-20)30(6)7/h11-16,18-19,22H,8-10,17H2,1-7H3,(H,29,33)/b23-15+,26-16-/t18-,19+,22-/m0/s1. The highest BCUT2D eigenvalue weighted by Gasteiger charge is 2.28. The summed E-state index contributed by atoms with van der Waals surface area (Å²) in [4.78, 5) is 41.2. The minimum absolute atomic E-state index is 0.0791. The van der Waals surface area contributed by atoms with Crippen LogP contribution in [0.25, 0.3) is 12.2 Å². The third-order valence-electron chi connectivity index (χ3n) is 6.99. The van der Waals surface area contributed by atoms with Crippen LogP contribution in [0.4, 0.5) is 5.69 Å². The number of hydrogen-bond acceptors (Lipinski definition) is 5. The molecule has 3 atom stereocenters. The van der Waals surface area contributed by atoms with E-state index < -0.39 is 5.41 Å². The van der Waals surface area contributed by atoms with E-state index in [1.807, 2.05) is 70.1 Å². The number of aromatic nitrogens is 1. The lowest BCUT2D eigenvalue weighted by atomic mass is 9.78. The second-order valence-electron chi connectivity index (χ2n) is 11.0. The quantitative estimate of drug-likeness (QED) is 0.666. The minimum atomic E-state index is -0.577. The number of nitrogens with one attached hydrogen (secondary N) is 1. The minimum Gasteiger partial charge on any atom is -0.378 e. The smallest absolute Gasteiger partial charge is 0.269 e. The molecule has 7 heteroatoms. The monoisotopic (exact) mass is 497 g/mol. The van der Waals surface area contributed by atoms with Gasteiger partial charge in [-0.3, -0.25) is 19.0 Å². The maximum absolute atomic E-state index is 13.4. The zero-order chi connectivity index (χ0) is 25.9. The van der Waals surface area contributed by atoms with E-state index in [9.17, 15) is 14.4 Å². The summed E-state index contributed by atoms with van der Waals surface area (Å²) < 4.78 is 2.45. The number of amides is 1. The van der Waals surface area contributed by atoms with Gasteiger partial charge in [-0.25, -0.2) is 0 Å². The Labute approximate surface area is 212 Å². The number of nitrogens with zero attached hydrogens (tertiary/aromatic N) is 2. The van der Waals surface area contributed by atoms with E-state index in [1.54, 1.807) is 0 Å². The van der Waals surface area contributed by atoms with Gasteiger partial charge in [-0.1, -0.05) is 59.6 Å². The van der Waals surface area contributed by atoms with Crippen LogP contribution in [0.3, 0.4) is 0 Å². The first-order valence-electron chi connectivity index (χ1n) is 12.4. The molecule has 6 nitrogen and oxygen atoms in total. The van der Waals surface area contributed by atoms with E-state index in [-0.39, 0.29) is 29.8 Å². The number of benzene rings is 1. The van der Waals surface area contributed by atoms with Gasteiger partial charge in [-0.2, -0.15) is 0 Å². The molecule has 2 aromatic rings. The molecule has 1 aromatic heterocycles. The molecule has 1 saturated carbocycles. The molecule has 0 saturated heterocycles. The van der Waals surface area contributed by atoms with E-state index in [4.69, 9.17) is 0 Å². The summed E-state index contributed by atoms with van der Waals surface area (Å²) in [6.45, 7) is 9.86. The van der Waals surface area contributed by atoms with Crippen LogP contribution in [-0.4, -0.2) is 36.4 Å². The lowest BCUT2D eigenvalue weighted by molar-refractivity contribution is -0.123. The predicted octanol–water partition coefficient (Wildman–Crippen LogP) is 3.14. The third kappa shape index (κ3) is 6.72.